The molecule has 2 heteroatoms. The van der Waals surface area contributed by atoms with Crippen molar-refractivity contribution in [3.05, 3.63) is 72.3 Å². The molecule has 0 saturated heterocycles. The summed E-state index contributed by atoms with van der Waals surface area (Å²) in [6.07, 6.45) is 0. The van der Waals surface area contributed by atoms with E-state index in [2.05, 4.69) is 0 Å². The van der Waals surface area contributed by atoms with Crippen LogP contribution in [0.15, 0.2) is 66.7 Å². The molecule has 3 aromatic rings. The predicted octanol–water partition coefficient (Wildman–Crippen LogP) is 4.74. The third-order valence-corrected chi connectivity index (χ3v) is 3.54. The predicted molar refractivity (Wildman–Crippen MR) is 85.4 cm³/mol. The van der Waals surface area contributed by atoms with Gasteiger partial charge in [-0.3, -0.25) is 0 Å². The van der Waals surface area contributed by atoms with Crippen LogP contribution in [0.2, 0.25) is 0 Å². The number of hydrogen-bond donors (Lipinski definition) is 2. The van der Waals surface area contributed by atoms with E-state index in [0.29, 0.717) is 5.56 Å². The van der Waals surface area contributed by atoms with Crippen molar-refractivity contribution in [1.29, 1.82) is 0 Å². The first-order valence-corrected chi connectivity index (χ1v) is 6.83. The van der Waals surface area contributed by atoms with Crippen molar-refractivity contribution in [2.75, 3.05) is 0 Å². The zero-order valence-electron chi connectivity index (χ0n) is 11.7. The fraction of sp³-hybridized carbons (Fsp3) is 0.0526. The highest BCUT2D eigenvalue weighted by atomic mass is 16.3. The summed E-state index contributed by atoms with van der Waals surface area (Å²) >= 11 is 0. The van der Waals surface area contributed by atoms with Crippen molar-refractivity contribution in [2.45, 2.75) is 6.92 Å². The molecule has 21 heavy (non-hydrogen) atoms. The van der Waals surface area contributed by atoms with Gasteiger partial charge < -0.3 is 10.2 Å². The van der Waals surface area contributed by atoms with Gasteiger partial charge in [0.1, 0.15) is 11.5 Å². The highest BCUT2D eigenvalue weighted by Gasteiger charge is 2.09. The first kappa shape index (κ1) is 13.3. The Morgan fingerprint density at radius 3 is 2.05 bits per heavy atom. The van der Waals surface area contributed by atoms with Crippen LogP contribution < -0.4 is 0 Å². The van der Waals surface area contributed by atoms with Gasteiger partial charge in [0.15, 0.2) is 0 Å². The van der Waals surface area contributed by atoms with Crippen LogP contribution in [-0.4, -0.2) is 10.2 Å². The van der Waals surface area contributed by atoms with Crippen molar-refractivity contribution in [3.8, 4) is 33.8 Å². The largest absolute Gasteiger partial charge is 0.507 e. The lowest BCUT2D eigenvalue weighted by atomic mass is 9.98. The number of aromatic hydroxyl groups is 2. The first-order valence-electron chi connectivity index (χ1n) is 6.83. The Kier molecular flexibility index (Phi) is 3.36. The lowest BCUT2D eigenvalue weighted by Gasteiger charge is -2.09. The summed E-state index contributed by atoms with van der Waals surface area (Å²) < 4.78 is 0. The van der Waals surface area contributed by atoms with Gasteiger partial charge in [0, 0.05) is 11.1 Å². The second-order valence-corrected chi connectivity index (χ2v) is 5.12. The number of rotatable bonds is 2. The molecule has 0 spiro atoms. The summed E-state index contributed by atoms with van der Waals surface area (Å²) in [5.74, 6) is 0.418. The lowest BCUT2D eigenvalue weighted by molar-refractivity contribution is 0.475. The topological polar surface area (TPSA) is 40.5 Å². The number of phenolic OH excluding ortho intramolecular Hbond substituents is 2. The molecule has 2 nitrogen and oxygen atoms in total. The Labute approximate surface area is 123 Å². The quantitative estimate of drug-likeness (QED) is 0.709. The Morgan fingerprint density at radius 2 is 1.33 bits per heavy atom. The highest BCUT2D eigenvalue weighted by Crippen LogP contribution is 2.36. The van der Waals surface area contributed by atoms with Crippen LogP contribution in [0.25, 0.3) is 22.3 Å². The number of benzene rings is 3. The molecule has 0 unspecified atom stereocenters. The van der Waals surface area contributed by atoms with Gasteiger partial charge in [-0.2, -0.15) is 0 Å². The monoisotopic (exact) mass is 276 g/mol. The van der Waals surface area contributed by atoms with Gasteiger partial charge in [-0.15, -0.1) is 0 Å². The molecule has 3 aromatic carbocycles. The molecule has 0 aromatic heterocycles. The molecule has 0 saturated carbocycles. The minimum Gasteiger partial charge on any atom is -0.507 e. The van der Waals surface area contributed by atoms with Gasteiger partial charge in [0.2, 0.25) is 0 Å². The van der Waals surface area contributed by atoms with E-state index in [9.17, 15) is 10.2 Å². The third-order valence-electron chi connectivity index (χ3n) is 3.54. The van der Waals surface area contributed by atoms with E-state index in [4.69, 9.17) is 0 Å². The van der Waals surface area contributed by atoms with Gasteiger partial charge in [0.25, 0.3) is 0 Å². The van der Waals surface area contributed by atoms with Crippen LogP contribution in [0, 0.1) is 6.92 Å². The molecule has 0 aliphatic heterocycles. The molecule has 0 radical (unpaired) electrons. The molecule has 0 fully saturated rings. The average Bonchev–Trinajstić information content (AvgIpc) is 2.47. The maximum absolute atomic E-state index is 10.3. The zero-order valence-corrected chi connectivity index (χ0v) is 11.7. The Bertz CT molecular complexity index is 791. The standard InChI is InChI=1S/C19H16O2/c1-13-5-4-6-14(11-13)17-10-9-15(12-19(17)21)16-7-2-3-8-18(16)20/h2-12,20-21H,1H3. The second kappa shape index (κ2) is 5.33. The third kappa shape index (κ3) is 2.61. The van der Waals surface area contributed by atoms with Crippen molar-refractivity contribution in [2.24, 2.45) is 0 Å². The normalized spacial score (nSPS) is 10.5. The molecular formula is C19H16O2. The van der Waals surface area contributed by atoms with Crippen LogP contribution >= 0.6 is 0 Å². The minimum atomic E-state index is 0.209. The summed E-state index contributed by atoms with van der Waals surface area (Å²) in [5.41, 5.74) is 4.43. The molecule has 0 heterocycles. The minimum absolute atomic E-state index is 0.209. The highest BCUT2D eigenvalue weighted by molar-refractivity contribution is 5.78. The van der Waals surface area contributed by atoms with E-state index in [0.717, 1.165) is 22.3 Å². The average molecular weight is 276 g/mol. The van der Waals surface area contributed by atoms with Crippen molar-refractivity contribution < 1.29 is 10.2 Å². The van der Waals surface area contributed by atoms with Crippen molar-refractivity contribution in [1.82, 2.24) is 0 Å². The van der Waals surface area contributed by atoms with E-state index in [1.165, 1.54) is 0 Å². The second-order valence-electron chi connectivity index (χ2n) is 5.12. The summed E-state index contributed by atoms with van der Waals surface area (Å²) in [4.78, 5) is 0. The summed E-state index contributed by atoms with van der Waals surface area (Å²) in [7, 11) is 0. The van der Waals surface area contributed by atoms with Gasteiger partial charge in [0.05, 0.1) is 0 Å². The summed E-state index contributed by atoms with van der Waals surface area (Å²) in [6, 6.07) is 20.6. The Morgan fingerprint density at radius 1 is 0.619 bits per heavy atom. The maximum atomic E-state index is 10.3. The van der Waals surface area contributed by atoms with Crippen molar-refractivity contribution in [3.63, 3.8) is 0 Å². The van der Waals surface area contributed by atoms with E-state index in [1.807, 2.05) is 55.5 Å². The van der Waals surface area contributed by atoms with E-state index >= 15 is 0 Å². The van der Waals surface area contributed by atoms with Crippen LogP contribution in [-0.2, 0) is 0 Å². The molecular weight excluding hydrogens is 260 g/mol. The van der Waals surface area contributed by atoms with E-state index in [1.54, 1.807) is 18.2 Å². The molecule has 3 rings (SSSR count). The fourth-order valence-electron chi connectivity index (χ4n) is 2.47. The molecule has 104 valence electrons. The molecule has 2 N–H and O–H groups in total. The Balaban J connectivity index is 2.07. The maximum Gasteiger partial charge on any atom is 0.124 e. The molecule has 0 atom stereocenters. The van der Waals surface area contributed by atoms with Crippen LogP contribution in [0.3, 0.4) is 0 Å². The number of phenols is 2. The van der Waals surface area contributed by atoms with Gasteiger partial charge >= 0.3 is 0 Å². The van der Waals surface area contributed by atoms with E-state index in [-0.39, 0.29) is 11.5 Å². The Hall–Kier alpha value is -2.74. The number of para-hydroxylation sites is 1. The number of hydrogen-bond acceptors (Lipinski definition) is 2. The van der Waals surface area contributed by atoms with Gasteiger partial charge in [-0.25, -0.2) is 0 Å². The van der Waals surface area contributed by atoms with Crippen LogP contribution in [0.4, 0.5) is 0 Å². The summed E-state index contributed by atoms with van der Waals surface area (Å²) in [5, 5.41) is 20.2. The van der Waals surface area contributed by atoms with Crippen molar-refractivity contribution >= 4 is 0 Å². The SMILES string of the molecule is Cc1cccc(-c2ccc(-c3ccccc3O)cc2O)c1. The van der Waals surface area contributed by atoms with Crippen LogP contribution in [0.1, 0.15) is 5.56 Å². The zero-order chi connectivity index (χ0) is 14.8. The molecule has 0 bridgehead atoms. The molecule has 0 aliphatic rings. The summed E-state index contributed by atoms with van der Waals surface area (Å²) in [6.45, 7) is 2.02. The van der Waals surface area contributed by atoms with E-state index < -0.39 is 0 Å². The molecule has 0 aliphatic carbocycles. The molecule has 0 amide bonds. The van der Waals surface area contributed by atoms with Gasteiger partial charge in [-0.05, 0) is 30.2 Å². The first-order chi connectivity index (χ1) is 10.1. The lowest BCUT2D eigenvalue weighted by Crippen LogP contribution is -1.83. The smallest absolute Gasteiger partial charge is 0.124 e. The number of aryl methyl sites for hydroxylation is 1. The van der Waals surface area contributed by atoms with Gasteiger partial charge in [-0.1, -0.05) is 60.2 Å². The fourth-order valence-corrected chi connectivity index (χ4v) is 2.47. The van der Waals surface area contributed by atoms with Crippen LogP contribution in [0.5, 0.6) is 11.5 Å².